The lowest BCUT2D eigenvalue weighted by Gasteiger charge is -2.65. The van der Waals surface area contributed by atoms with Crippen LogP contribution >= 0.6 is 0 Å². The lowest BCUT2D eigenvalue weighted by molar-refractivity contribution is -0.227. The van der Waals surface area contributed by atoms with E-state index in [2.05, 4.69) is 66.8 Å². The SMILES string of the molecule is C[C@H](CCCNCCCNCCCNC(=O)OC(C)(C)C)C1CC[C@H]2C3C(OCCCN=[N+]=[N-])CC4C[C@H](OCCCN=[N+]=[N-])CC[C@]4(C)[C@H]3C[C@H](OCCCN=[N+]=[N-])[C@]12C. The third-order valence-corrected chi connectivity index (χ3v) is 14.8. The first-order valence-electron chi connectivity index (χ1n) is 23.6. The molecule has 0 radical (unpaired) electrons. The number of hydrogen-bond acceptors (Lipinski definition) is 10. The minimum atomic E-state index is -0.482. The second-order valence-corrected chi connectivity index (χ2v) is 19.7. The molecule has 4 rings (SSSR count). The van der Waals surface area contributed by atoms with Crippen molar-refractivity contribution in [2.24, 2.45) is 61.7 Å². The molecule has 0 heterocycles. The van der Waals surface area contributed by atoms with E-state index in [-0.39, 0.29) is 35.2 Å². The second-order valence-electron chi connectivity index (χ2n) is 19.7. The minimum Gasteiger partial charge on any atom is -0.444 e. The number of nitrogens with zero attached hydrogens (tertiary/aromatic N) is 9. The lowest BCUT2D eigenvalue weighted by Crippen LogP contribution is -2.63. The van der Waals surface area contributed by atoms with E-state index in [4.69, 9.17) is 35.5 Å². The lowest BCUT2D eigenvalue weighted by atomic mass is 9.43. The van der Waals surface area contributed by atoms with Gasteiger partial charge in [0.2, 0.25) is 0 Å². The van der Waals surface area contributed by atoms with Crippen molar-refractivity contribution < 1.29 is 23.7 Å². The van der Waals surface area contributed by atoms with Gasteiger partial charge < -0.3 is 34.9 Å². The average molecular weight is 857 g/mol. The van der Waals surface area contributed by atoms with Crippen LogP contribution in [-0.2, 0) is 18.9 Å². The number of nitrogens with one attached hydrogen (secondary N) is 3. The van der Waals surface area contributed by atoms with Crippen LogP contribution in [0.3, 0.4) is 0 Å². The van der Waals surface area contributed by atoms with Crippen LogP contribution in [0.15, 0.2) is 15.3 Å². The summed E-state index contributed by atoms with van der Waals surface area (Å²) in [6.45, 7) is 20.7. The molecule has 61 heavy (non-hydrogen) atoms. The molecule has 1 amide bonds. The number of azide groups is 3. The molecule has 4 aliphatic rings. The number of hydrogen-bond donors (Lipinski definition) is 3. The van der Waals surface area contributed by atoms with Crippen molar-refractivity contribution in [2.75, 3.05) is 72.2 Å². The zero-order chi connectivity index (χ0) is 44.1. The summed E-state index contributed by atoms with van der Waals surface area (Å²) >= 11 is 0. The van der Waals surface area contributed by atoms with Crippen molar-refractivity contribution in [2.45, 2.75) is 155 Å². The van der Waals surface area contributed by atoms with Gasteiger partial charge in [0.25, 0.3) is 0 Å². The zero-order valence-electron chi connectivity index (χ0n) is 38.4. The van der Waals surface area contributed by atoms with Crippen LogP contribution in [0.1, 0.15) is 131 Å². The van der Waals surface area contributed by atoms with Gasteiger partial charge in [0.05, 0.1) is 18.3 Å². The summed E-state index contributed by atoms with van der Waals surface area (Å²) in [6.07, 6.45) is 14.1. The van der Waals surface area contributed by atoms with Gasteiger partial charge in [-0.25, -0.2) is 4.79 Å². The highest BCUT2D eigenvalue weighted by Crippen LogP contribution is 2.69. The monoisotopic (exact) mass is 857 g/mol. The minimum absolute atomic E-state index is 0.00271. The number of carbonyl (C=O) groups excluding carboxylic acids is 1. The molecule has 0 aromatic rings. The number of fused-ring (bicyclic) bond motifs is 5. The molecular formula is C44H80N12O5. The molecule has 0 aromatic heterocycles. The number of alkyl carbamates (subject to hydrolysis) is 1. The molecule has 3 N–H and O–H groups in total. The molecule has 0 aliphatic heterocycles. The molecule has 4 unspecified atom stereocenters. The fraction of sp³-hybridized carbons (Fsp3) is 0.977. The second kappa shape index (κ2) is 25.9. The standard InChI is InChI=1S/C44H80N12O5/c1-32(13-7-18-48-19-8-20-49-21-9-22-50-41(57)61-42(2,3)4)35-14-15-36-40-37(31-39(44(35,36)6)60-28-12-25-53-56-47)43(5)17-16-34(58-26-10-23-51-54-45)29-33(43)30-38(40)59-27-11-24-52-55-46/h32-40,48-49H,7-31H2,1-6H3,(H,50,57)/t32-,33?,34-,35?,36+,37+,38?,39+,40?,43+,44-/m1/s1. The summed E-state index contributed by atoms with van der Waals surface area (Å²) in [5.41, 5.74) is 26.2. The van der Waals surface area contributed by atoms with Gasteiger partial charge in [-0.1, -0.05) is 36.1 Å². The summed E-state index contributed by atoms with van der Waals surface area (Å²) < 4.78 is 25.7. The Morgan fingerprint density at radius 2 is 1.33 bits per heavy atom. The van der Waals surface area contributed by atoms with Crippen LogP contribution in [0.4, 0.5) is 4.79 Å². The number of rotatable bonds is 28. The average Bonchev–Trinajstić information content (AvgIpc) is 3.58. The first-order chi connectivity index (χ1) is 29.4. The van der Waals surface area contributed by atoms with Gasteiger partial charge in [-0.15, -0.1) is 0 Å². The number of amides is 1. The van der Waals surface area contributed by atoms with Crippen LogP contribution in [0.2, 0.25) is 0 Å². The van der Waals surface area contributed by atoms with E-state index in [0.29, 0.717) is 81.5 Å². The highest BCUT2D eigenvalue weighted by Gasteiger charge is 2.66. The van der Waals surface area contributed by atoms with E-state index in [0.717, 1.165) is 96.8 Å². The topological polar surface area (TPSA) is 236 Å². The van der Waals surface area contributed by atoms with Crippen molar-refractivity contribution in [3.8, 4) is 0 Å². The normalized spacial score (nSPS) is 31.0. The fourth-order valence-corrected chi connectivity index (χ4v) is 11.9. The molecule has 4 saturated carbocycles. The zero-order valence-corrected chi connectivity index (χ0v) is 38.4. The Kier molecular flexibility index (Phi) is 21.5. The summed E-state index contributed by atoms with van der Waals surface area (Å²) in [6, 6.07) is 0. The molecule has 4 fully saturated rings. The molecule has 11 atom stereocenters. The summed E-state index contributed by atoms with van der Waals surface area (Å²) in [5, 5.41) is 21.2. The Morgan fingerprint density at radius 1 is 0.738 bits per heavy atom. The van der Waals surface area contributed by atoms with Crippen LogP contribution in [0, 0.1) is 46.3 Å². The van der Waals surface area contributed by atoms with E-state index < -0.39 is 5.60 Å². The summed E-state index contributed by atoms with van der Waals surface area (Å²) in [5.74, 6) is 2.94. The van der Waals surface area contributed by atoms with Gasteiger partial charge in [0, 0.05) is 66.1 Å². The Bertz CT molecular complexity index is 1470. The van der Waals surface area contributed by atoms with Gasteiger partial charge in [0.15, 0.2) is 0 Å². The van der Waals surface area contributed by atoms with Gasteiger partial charge in [0.1, 0.15) is 5.60 Å². The summed E-state index contributed by atoms with van der Waals surface area (Å²) in [4.78, 5) is 20.6. The number of carbonyl (C=O) groups is 1. The van der Waals surface area contributed by atoms with Crippen molar-refractivity contribution in [1.29, 1.82) is 0 Å². The van der Waals surface area contributed by atoms with Gasteiger partial charge in [-0.05, 0) is 194 Å². The first kappa shape index (κ1) is 50.6. The summed E-state index contributed by atoms with van der Waals surface area (Å²) in [7, 11) is 0. The maximum absolute atomic E-state index is 11.8. The van der Waals surface area contributed by atoms with E-state index in [1.54, 1.807) is 0 Å². The van der Waals surface area contributed by atoms with Gasteiger partial charge in [-0.2, -0.15) is 0 Å². The Morgan fingerprint density at radius 3 is 1.95 bits per heavy atom. The van der Waals surface area contributed by atoms with Crippen LogP contribution in [-0.4, -0.2) is 102 Å². The fourth-order valence-electron chi connectivity index (χ4n) is 11.9. The molecule has 346 valence electrons. The van der Waals surface area contributed by atoms with Gasteiger partial charge in [-0.3, -0.25) is 0 Å². The third-order valence-electron chi connectivity index (χ3n) is 14.8. The van der Waals surface area contributed by atoms with Crippen LogP contribution in [0.5, 0.6) is 0 Å². The Balaban J connectivity index is 1.37. The molecule has 0 saturated heterocycles. The molecule has 17 nitrogen and oxygen atoms in total. The van der Waals surface area contributed by atoms with E-state index in [1.165, 1.54) is 19.3 Å². The smallest absolute Gasteiger partial charge is 0.407 e. The van der Waals surface area contributed by atoms with Crippen LogP contribution < -0.4 is 16.0 Å². The van der Waals surface area contributed by atoms with E-state index >= 15 is 0 Å². The molecule has 0 aromatic carbocycles. The predicted octanol–water partition coefficient (Wildman–Crippen LogP) is 10.0. The highest BCUT2D eigenvalue weighted by molar-refractivity contribution is 5.67. The van der Waals surface area contributed by atoms with Crippen molar-refractivity contribution in [3.63, 3.8) is 0 Å². The predicted molar refractivity (Wildman–Crippen MR) is 239 cm³/mol. The maximum atomic E-state index is 11.8. The van der Waals surface area contributed by atoms with Crippen molar-refractivity contribution in [1.82, 2.24) is 16.0 Å². The van der Waals surface area contributed by atoms with E-state index in [1.807, 2.05) is 20.8 Å². The maximum Gasteiger partial charge on any atom is 0.407 e. The van der Waals surface area contributed by atoms with E-state index in [9.17, 15) is 4.79 Å². The highest BCUT2D eigenvalue weighted by atomic mass is 16.6. The third kappa shape index (κ3) is 15.1. The molecule has 17 heteroatoms. The molecule has 0 bridgehead atoms. The molecular weight excluding hydrogens is 777 g/mol. The molecule has 4 aliphatic carbocycles. The number of ether oxygens (including phenoxy) is 4. The van der Waals surface area contributed by atoms with Gasteiger partial charge >= 0.3 is 6.09 Å². The Hall–Kier alpha value is -3.00. The Labute approximate surface area is 365 Å². The quantitative estimate of drug-likeness (QED) is 0.0297. The molecule has 0 spiro atoms. The van der Waals surface area contributed by atoms with Crippen molar-refractivity contribution in [3.05, 3.63) is 31.3 Å². The van der Waals surface area contributed by atoms with Crippen molar-refractivity contribution >= 4 is 6.09 Å². The largest absolute Gasteiger partial charge is 0.444 e. The first-order valence-corrected chi connectivity index (χ1v) is 23.6. The van der Waals surface area contributed by atoms with Crippen LogP contribution in [0.25, 0.3) is 31.3 Å².